The molecule has 0 aliphatic heterocycles. The predicted molar refractivity (Wildman–Crippen MR) is 188 cm³/mol. The summed E-state index contributed by atoms with van der Waals surface area (Å²) in [5, 5.41) is 1.21. The fourth-order valence-electron chi connectivity index (χ4n) is 5.95. The Bertz CT molecular complexity index is 2200. The van der Waals surface area contributed by atoms with E-state index in [0.717, 1.165) is 22.6 Å². The molecule has 0 unspecified atom stereocenters. The fourth-order valence-corrected chi connectivity index (χ4v) is 7.05. The number of anilines is 3. The Morgan fingerprint density at radius 3 is 1.68 bits per heavy atom. The average Bonchev–Trinajstić information content (AvgIpc) is 3.48. The minimum atomic E-state index is 1.03. The van der Waals surface area contributed by atoms with Gasteiger partial charge in [0.1, 0.15) is 0 Å². The van der Waals surface area contributed by atoms with Gasteiger partial charge >= 0.3 is 0 Å². The number of pyridine rings is 1. The number of hydrogen-bond donors (Lipinski definition) is 0. The van der Waals surface area contributed by atoms with Crippen LogP contribution in [0.3, 0.4) is 0 Å². The van der Waals surface area contributed by atoms with Crippen molar-refractivity contribution in [3.8, 4) is 33.4 Å². The second-order valence-corrected chi connectivity index (χ2v) is 11.9. The topological polar surface area (TPSA) is 16.1 Å². The summed E-state index contributed by atoms with van der Waals surface area (Å²) >= 11 is 1.79. The van der Waals surface area contributed by atoms with Gasteiger partial charge < -0.3 is 4.90 Å². The monoisotopic (exact) mass is 580 g/mol. The van der Waals surface area contributed by atoms with Crippen molar-refractivity contribution in [1.82, 2.24) is 4.98 Å². The third-order valence-corrected chi connectivity index (χ3v) is 9.25. The van der Waals surface area contributed by atoms with E-state index in [-0.39, 0.29) is 0 Å². The molecule has 2 aromatic heterocycles. The first-order chi connectivity index (χ1) is 21.8. The molecule has 6 aromatic carbocycles. The molecule has 0 atom stereocenters. The molecule has 2 heterocycles. The zero-order valence-corrected chi connectivity index (χ0v) is 24.8. The molecule has 0 N–H and O–H groups in total. The largest absolute Gasteiger partial charge is 0.308 e. The van der Waals surface area contributed by atoms with E-state index >= 15 is 0 Å². The Labute approximate surface area is 261 Å². The van der Waals surface area contributed by atoms with Gasteiger partial charge in [0, 0.05) is 21.3 Å². The third-order valence-electron chi connectivity index (χ3n) is 8.14. The molecule has 0 saturated heterocycles. The zero-order chi connectivity index (χ0) is 29.3. The maximum Gasteiger partial charge on any atom is 0.0890 e. The highest BCUT2D eigenvalue weighted by Crippen LogP contribution is 2.43. The minimum absolute atomic E-state index is 1.03. The second kappa shape index (κ2) is 11.3. The van der Waals surface area contributed by atoms with E-state index in [0.29, 0.717) is 0 Å². The first-order valence-corrected chi connectivity index (χ1v) is 15.6. The second-order valence-electron chi connectivity index (χ2n) is 10.8. The van der Waals surface area contributed by atoms with Crippen molar-refractivity contribution < 1.29 is 0 Å². The van der Waals surface area contributed by atoms with Gasteiger partial charge in [-0.15, -0.1) is 11.3 Å². The first kappa shape index (κ1) is 26.1. The highest BCUT2D eigenvalue weighted by atomic mass is 32.1. The molecule has 0 aliphatic carbocycles. The molecule has 0 radical (unpaired) electrons. The molecular weight excluding hydrogens is 553 g/mol. The van der Waals surface area contributed by atoms with Crippen LogP contribution in [-0.4, -0.2) is 4.98 Å². The molecule has 8 rings (SSSR count). The Kier molecular flexibility index (Phi) is 6.71. The number of rotatable bonds is 6. The molecule has 208 valence electrons. The normalized spacial score (nSPS) is 11.2. The molecule has 0 fully saturated rings. The van der Waals surface area contributed by atoms with Crippen molar-refractivity contribution in [3.63, 3.8) is 0 Å². The van der Waals surface area contributed by atoms with Gasteiger partial charge in [-0.3, -0.25) is 4.98 Å². The number of thiophene rings is 1. The van der Waals surface area contributed by atoms with Crippen molar-refractivity contribution in [2.45, 2.75) is 0 Å². The lowest BCUT2D eigenvalue weighted by atomic mass is 9.99. The number of nitrogens with zero attached hydrogens (tertiary/aromatic N) is 2. The Hall–Kier alpha value is -5.51. The molecule has 3 heteroatoms. The van der Waals surface area contributed by atoms with E-state index in [1.807, 2.05) is 6.20 Å². The van der Waals surface area contributed by atoms with Crippen LogP contribution >= 0.6 is 11.3 Å². The quantitative estimate of drug-likeness (QED) is 0.194. The van der Waals surface area contributed by atoms with Crippen molar-refractivity contribution in [3.05, 3.63) is 170 Å². The van der Waals surface area contributed by atoms with Gasteiger partial charge in [0.05, 0.1) is 27.8 Å². The van der Waals surface area contributed by atoms with Gasteiger partial charge in [0.25, 0.3) is 0 Å². The maximum absolute atomic E-state index is 5.01. The summed E-state index contributed by atoms with van der Waals surface area (Å²) in [7, 11) is 0. The van der Waals surface area contributed by atoms with Crippen LogP contribution in [0.5, 0.6) is 0 Å². The van der Waals surface area contributed by atoms with E-state index in [1.54, 1.807) is 11.3 Å². The maximum atomic E-state index is 5.01. The third kappa shape index (κ3) is 4.84. The van der Waals surface area contributed by atoms with Crippen molar-refractivity contribution in [2.24, 2.45) is 0 Å². The van der Waals surface area contributed by atoms with E-state index in [2.05, 4.69) is 169 Å². The van der Waals surface area contributed by atoms with Gasteiger partial charge in [-0.1, -0.05) is 133 Å². The molecule has 2 nitrogen and oxygen atoms in total. The number of hydrogen-bond acceptors (Lipinski definition) is 3. The Morgan fingerprint density at radius 1 is 0.432 bits per heavy atom. The van der Waals surface area contributed by atoms with Crippen LogP contribution in [0.2, 0.25) is 0 Å². The van der Waals surface area contributed by atoms with Crippen LogP contribution in [-0.2, 0) is 0 Å². The Morgan fingerprint density at radius 2 is 0.977 bits per heavy atom. The molecule has 44 heavy (non-hydrogen) atoms. The van der Waals surface area contributed by atoms with Crippen LogP contribution in [0.25, 0.3) is 53.7 Å². The molecule has 0 spiro atoms. The van der Waals surface area contributed by atoms with Gasteiger partial charge in [-0.2, -0.15) is 0 Å². The van der Waals surface area contributed by atoms with Crippen LogP contribution in [0.4, 0.5) is 17.1 Å². The van der Waals surface area contributed by atoms with Crippen LogP contribution in [0.1, 0.15) is 0 Å². The molecule has 0 aliphatic rings. The van der Waals surface area contributed by atoms with Gasteiger partial charge in [0.2, 0.25) is 0 Å². The van der Waals surface area contributed by atoms with Crippen molar-refractivity contribution >= 4 is 48.7 Å². The summed E-state index contributed by atoms with van der Waals surface area (Å²) in [5.41, 5.74) is 11.5. The molecule has 0 amide bonds. The van der Waals surface area contributed by atoms with Crippen molar-refractivity contribution in [2.75, 3.05) is 4.90 Å². The minimum Gasteiger partial charge on any atom is -0.308 e. The van der Waals surface area contributed by atoms with E-state index in [4.69, 9.17) is 4.98 Å². The summed E-state index contributed by atoms with van der Waals surface area (Å²) in [6.07, 6.45) is 2.01. The number of fused-ring (bicyclic) bond motifs is 3. The average molecular weight is 581 g/mol. The smallest absolute Gasteiger partial charge is 0.0890 e. The summed E-state index contributed by atoms with van der Waals surface area (Å²) < 4.78 is 2.44. The zero-order valence-electron chi connectivity index (χ0n) is 24.0. The van der Waals surface area contributed by atoms with E-state index < -0.39 is 0 Å². The fraction of sp³-hybridized carbons (Fsp3) is 0. The van der Waals surface area contributed by atoms with Gasteiger partial charge in [-0.25, -0.2) is 0 Å². The summed E-state index contributed by atoms with van der Waals surface area (Å²) in [5.74, 6) is 0. The van der Waals surface area contributed by atoms with Crippen LogP contribution in [0, 0.1) is 0 Å². The lowest BCUT2D eigenvalue weighted by molar-refractivity contribution is 1.26. The Balaban J connectivity index is 1.23. The first-order valence-electron chi connectivity index (χ1n) is 14.8. The van der Waals surface area contributed by atoms with Crippen LogP contribution < -0.4 is 4.90 Å². The molecule has 8 aromatic rings. The highest BCUT2D eigenvalue weighted by Gasteiger charge is 2.19. The lowest BCUT2D eigenvalue weighted by Crippen LogP contribution is -2.11. The highest BCUT2D eigenvalue weighted by molar-refractivity contribution is 7.25. The standard InChI is InChI=1S/C41H28N2S/c1-3-11-29(12-4-1)30-19-21-31(22-20-30)32-23-25-34(26-24-32)43(38-17-9-7-15-36(38)33-13-5-2-6-14-33)35-27-40-41(42-28-35)37-16-8-10-18-39(37)44-40/h1-28H. The number of benzene rings is 6. The number of para-hydroxylation sites is 1. The lowest BCUT2D eigenvalue weighted by Gasteiger charge is -2.27. The van der Waals surface area contributed by atoms with E-state index in [9.17, 15) is 0 Å². The van der Waals surface area contributed by atoms with Crippen LogP contribution in [0.15, 0.2) is 170 Å². The summed E-state index contributed by atoms with van der Waals surface area (Å²) in [6, 6.07) is 58.2. The molecule has 0 bridgehead atoms. The molecular formula is C41H28N2S. The van der Waals surface area contributed by atoms with Gasteiger partial charge in [-0.05, 0) is 58.1 Å². The summed E-state index contributed by atoms with van der Waals surface area (Å²) in [4.78, 5) is 7.35. The summed E-state index contributed by atoms with van der Waals surface area (Å²) in [6.45, 7) is 0. The van der Waals surface area contributed by atoms with E-state index in [1.165, 1.54) is 48.2 Å². The number of aromatic nitrogens is 1. The van der Waals surface area contributed by atoms with Gasteiger partial charge in [0.15, 0.2) is 0 Å². The predicted octanol–water partition coefficient (Wildman–Crippen LogP) is 11.9. The van der Waals surface area contributed by atoms with Crippen molar-refractivity contribution in [1.29, 1.82) is 0 Å². The molecule has 0 saturated carbocycles. The SMILES string of the molecule is c1ccc(-c2ccc(-c3ccc(N(c4cnc5c(c4)sc4ccccc45)c4ccccc4-c4ccccc4)cc3)cc2)cc1.